The molecule has 0 atom stereocenters. The van der Waals surface area contributed by atoms with Crippen molar-refractivity contribution in [3.63, 3.8) is 0 Å². The molecule has 0 aliphatic rings. The quantitative estimate of drug-likeness (QED) is 0.915. The Labute approximate surface area is 115 Å². The van der Waals surface area contributed by atoms with Crippen molar-refractivity contribution in [2.24, 2.45) is 5.73 Å². The Morgan fingerprint density at radius 2 is 1.68 bits per heavy atom. The van der Waals surface area contributed by atoms with Gasteiger partial charge < -0.3 is 5.73 Å². The first kappa shape index (κ1) is 13.8. The first-order valence-electron chi connectivity index (χ1n) is 6.86. The smallest absolute Gasteiger partial charge is 0.0654 e. The lowest BCUT2D eigenvalue weighted by Crippen LogP contribution is -2.03. The molecule has 2 N–H and O–H groups in total. The van der Waals surface area contributed by atoms with E-state index in [4.69, 9.17) is 10.8 Å². The van der Waals surface area contributed by atoms with Crippen molar-refractivity contribution in [3.05, 3.63) is 46.3 Å². The molecule has 3 nitrogen and oxygen atoms in total. The lowest BCUT2D eigenvalue weighted by molar-refractivity contribution is 0.814. The Hall–Kier alpha value is -1.61. The van der Waals surface area contributed by atoms with Gasteiger partial charge in [0.1, 0.15) is 0 Å². The lowest BCUT2D eigenvalue weighted by Gasteiger charge is -2.08. The van der Waals surface area contributed by atoms with E-state index in [1.807, 2.05) is 0 Å². The number of benzene rings is 1. The number of aryl methyl sites for hydroxylation is 3. The monoisotopic (exact) mass is 257 g/mol. The molecule has 1 aromatic carbocycles. The number of aromatic nitrogens is 2. The molecule has 0 fully saturated rings. The third kappa shape index (κ3) is 2.87. The number of nitrogens with two attached hydrogens (primary N) is 1. The molecule has 19 heavy (non-hydrogen) atoms. The molecule has 1 heterocycles. The second-order valence-corrected chi connectivity index (χ2v) is 5.30. The molecule has 0 aliphatic carbocycles. The predicted octanol–water partition coefficient (Wildman–Crippen LogP) is 3.00. The van der Waals surface area contributed by atoms with Gasteiger partial charge in [0.15, 0.2) is 0 Å². The van der Waals surface area contributed by atoms with Crippen molar-refractivity contribution >= 4 is 0 Å². The molecule has 0 saturated carbocycles. The summed E-state index contributed by atoms with van der Waals surface area (Å²) in [4.78, 5) is 0. The van der Waals surface area contributed by atoms with Crippen LogP contribution in [0.2, 0.25) is 0 Å². The van der Waals surface area contributed by atoms with E-state index in [1.54, 1.807) is 0 Å². The van der Waals surface area contributed by atoms with E-state index >= 15 is 0 Å². The van der Waals surface area contributed by atoms with Crippen LogP contribution in [-0.2, 0) is 6.42 Å². The first-order chi connectivity index (χ1) is 9.02. The molecule has 0 spiro atoms. The maximum atomic E-state index is 5.61. The maximum absolute atomic E-state index is 5.61. The fraction of sp³-hybridized carbons (Fsp3) is 0.438. The molecule has 2 rings (SSSR count). The van der Waals surface area contributed by atoms with Crippen LogP contribution in [0.3, 0.4) is 0 Å². The van der Waals surface area contributed by atoms with Crippen LogP contribution in [0, 0.1) is 27.7 Å². The molecule has 0 amide bonds. The van der Waals surface area contributed by atoms with Gasteiger partial charge in [-0.3, -0.25) is 0 Å². The van der Waals surface area contributed by atoms with E-state index in [0.29, 0.717) is 0 Å². The zero-order valence-corrected chi connectivity index (χ0v) is 12.3. The summed E-state index contributed by atoms with van der Waals surface area (Å²) in [6.45, 7) is 9.20. The fourth-order valence-corrected chi connectivity index (χ4v) is 2.64. The molecular weight excluding hydrogens is 234 g/mol. The molecule has 0 radical (unpaired) electrons. The normalized spacial score (nSPS) is 11.0. The third-order valence-electron chi connectivity index (χ3n) is 3.52. The SMILES string of the molecule is Cc1cc(C)cc(-n2nc(C)c(CCCN)c2C)c1. The Kier molecular flexibility index (Phi) is 4.05. The summed E-state index contributed by atoms with van der Waals surface area (Å²) in [7, 11) is 0. The molecule has 3 heteroatoms. The van der Waals surface area contributed by atoms with Gasteiger partial charge in [0, 0.05) is 5.69 Å². The van der Waals surface area contributed by atoms with Gasteiger partial charge in [0.2, 0.25) is 0 Å². The van der Waals surface area contributed by atoms with E-state index in [-0.39, 0.29) is 0 Å². The second-order valence-electron chi connectivity index (χ2n) is 5.30. The fourth-order valence-electron chi connectivity index (χ4n) is 2.64. The highest BCUT2D eigenvalue weighted by Crippen LogP contribution is 2.20. The third-order valence-corrected chi connectivity index (χ3v) is 3.52. The molecule has 102 valence electrons. The highest BCUT2D eigenvalue weighted by atomic mass is 15.3. The minimum absolute atomic E-state index is 0.730. The van der Waals surface area contributed by atoms with E-state index in [0.717, 1.165) is 30.8 Å². The van der Waals surface area contributed by atoms with Crippen LogP contribution in [0.4, 0.5) is 0 Å². The molecule has 0 saturated heterocycles. The topological polar surface area (TPSA) is 43.8 Å². The van der Waals surface area contributed by atoms with Gasteiger partial charge in [0.05, 0.1) is 11.4 Å². The lowest BCUT2D eigenvalue weighted by atomic mass is 10.1. The maximum Gasteiger partial charge on any atom is 0.0654 e. The van der Waals surface area contributed by atoms with E-state index in [1.165, 1.54) is 22.4 Å². The van der Waals surface area contributed by atoms with Gasteiger partial charge in [-0.1, -0.05) is 6.07 Å². The summed E-state index contributed by atoms with van der Waals surface area (Å²) in [6.07, 6.45) is 2.03. The number of nitrogens with zero attached hydrogens (tertiary/aromatic N) is 2. The van der Waals surface area contributed by atoms with Crippen LogP contribution in [0.1, 0.15) is 34.5 Å². The van der Waals surface area contributed by atoms with Crippen LogP contribution < -0.4 is 5.73 Å². The minimum atomic E-state index is 0.730. The van der Waals surface area contributed by atoms with Crippen LogP contribution in [0.5, 0.6) is 0 Å². The van der Waals surface area contributed by atoms with Crippen molar-refractivity contribution < 1.29 is 0 Å². The molecule has 0 unspecified atom stereocenters. The summed E-state index contributed by atoms with van der Waals surface area (Å²) in [5, 5.41) is 4.69. The molecule has 2 aromatic rings. The Morgan fingerprint density at radius 1 is 1.05 bits per heavy atom. The van der Waals surface area contributed by atoms with Crippen LogP contribution in [0.15, 0.2) is 18.2 Å². The van der Waals surface area contributed by atoms with Crippen LogP contribution in [0.25, 0.3) is 5.69 Å². The van der Waals surface area contributed by atoms with Crippen molar-refractivity contribution in [3.8, 4) is 5.69 Å². The van der Waals surface area contributed by atoms with E-state index < -0.39 is 0 Å². The second kappa shape index (κ2) is 5.57. The minimum Gasteiger partial charge on any atom is -0.330 e. The van der Waals surface area contributed by atoms with Crippen LogP contribution >= 0.6 is 0 Å². The van der Waals surface area contributed by atoms with Crippen molar-refractivity contribution in [1.82, 2.24) is 9.78 Å². The van der Waals surface area contributed by atoms with Crippen LogP contribution in [-0.4, -0.2) is 16.3 Å². The number of hydrogen-bond acceptors (Lipinski definition) is 2. The predicted molar refractivity (Wildman–Crippen MR) is 79.9 cm³/mol. The molecule has 0 aliphatic heterocycles. The van der Waals surface area contributed by atoms with E-state index in [9.17, 15) is 0 Å². The number of rotatable bonds is 4. The molecular formula is C16H23N3. The highest BCUT2D eigenvalue weighted by Gasteiger charge is 2.12. The summed E-state index contributed by atoms with van der Waals surface area (Å²) in [5.41, 5.74) is 13.0. The van der Waals surface area contributed by atoms with Gasteiger partial charge in [-0.05, 0) is 75.9 Å². The molecule has 1 aromatic heterocycles. The van der Waals surface area contributed by atoms with Gasteiger partial charge in [-0.15, -0.1) is 0 Å². The summed E-state index contributed by atoms with van der Waals surface area (Å²) in [5.74, 6) is 0. The Bertz CT molecular complexity index is 562. The van der Waals surface area contributed by atoms with Gasteiger partial charge >= 0.3 is 0 Å². The van der Waals surface area contributed by atoms with Gasteiger partial charge in [0.25, 0.3) is 0 Å². The molecule has 0 bridgehead atoms. The average Bonchev–Trinajstić information content (AvgIpc) is 2.61. The van der Waals surface area contributed by atoms with Crippen molar-refractivity contribution in [2.75, 3.05) is 6.54 Å². The summed E-state index contributed by atoms with van der Waals surface area (Å²) < 4.78 is 2.06. The summed E-state index contributed by atoms with van der Waals surface area (Å²) >= 11 is 0. The standard InChI is InChI=1S/C16H23N3/c1-11-8-12(2)10-15(9-11)19-14(4)16(6-5-7-17)13(3)18-19/h8-10H,5-7,17H2,1-4H3. The zero-order chi connectivity index (χ0) is 14.0. The summed E-state index contributed by atoms with van der Waals surface area (Å²) in [6, 6.07) is 6.54. The van der Waals surface area contributed by atoms with Gasteiger partial charge in [-0.2, -0.15) is 5.10 Å². The number of hydrogen-bond donors (Lipinski definition) is 1. The largest absolute Gasteiger partial charge is 0.330 e. The average molecular weight is 257 g/mol. The van der Waals surface area contributed by atoms with E-state index in [2.05, 4.69) is 50.6 Å². The Morgan fingerprint density at radius 3 is 2.26 bits per heavy atom. The Balaban J connectivity index is 2.45. The first-order valence-corrected chi connectivity index (χ1v) is 6.86. The van der Waals surface area contributed by atoms with Gasteiger partial charge in [-0.25, -0.2) is 4.68 Å². The highest BCUT2D eigenvalue weighted by molar-refractivity contribution is 5.42. The van der Waals surface area contributed by atoms with Crippen molar-refractivity contribution in [2.45, 2.75) is 40.5 Å². The van der Waals surface area contributed by atoms with Crippen molar-refractivity contribution in [1.29, 1.82) is 0 Å². The zero-order valence-electron chi connectivity index (χ0n) is 12.3.